The standard InChI is InChI=1S/C21H22N4O3S2/c1-12(19(27)24-20-17(18(22)26)15-4-3-5-16(15)30-20)29-21-23-10-11-25(21)13-6-8-14(28-2)9-7-13/h6-12H,3-5H2,1-2H3,(H2,22,26)(H,24,27)/t12-/m1/s1. The Labute approximate surface area is 182 Å². The highest BCUT2D eigenvalue weighted by Crippen LogP contribution is 2.39. The van der Waals surface area contributed by atoms with E-state index in [0.29, 0.717) is 15.7 Å². The van der Waals surface area contributed by atoms with E-state index in [9.17, 15) is 9.59 Å². The van der Waals surface area contributed by atoms with Crippen LogP contribution in [0.1, 0.15) is 34.1 Å². The Morgan fingerprint density at radius 3 is 2.77 bits per heavy atom. The van der Waals surface area contributed by atoms with Crippen molar-refractivity contribution in [1.29, 1.82) is 0 Å². The summed E-state index contributed by atoms with van der Waals surface area (Å²) in [7, 11) is 1.62. The molecular formula is C21H22N4O3S2. The molecule has 3 aromatic rings. The number of aryl methyl sites for hydroxylation is 1. The number of thiophene rings is 1. The van der Waals surface area contributed by atoms with E-state index in [0.717, 1.165) is 41.1 Å². The molecule has 3 N–H and O–H groups in total. The number of hydrogen-bond donors (Lipinski definition) is 2. The number of anilines is 1. The monoisotopic (exact) mass is 442 g/mol. The van der Waals surface area contributed by atoms with Crippen LogP contribution in [-0.4, -0.2) is 33.7 Å². The minimum atomic E-state index is -0.486. The molecule has 7 nitrogen and oxygen atoms in total. The van der Waals surface area contributed by atoms with Crippen molar-refractivity contribution in [2.75, 3.05) is 12.4 Å². The predicted molar refractivity (Wildman–Crippen MR) is 119 cm³/mol. The minimum Gasteiger partial charge on any atom is -0.497 e. The third-order valence-electron chi connectivity index (χ3n) is 5.01. The van der Waals surface area contributed by atoms with Gasteiger partial charge in [0.05, 0.1) is 17.9 Å². The maximum absolute atomic E-state index is 12.8. The van der Waals surface area contributed by atoms with Crippen molar-refractivity contribution in [2.24, 2.45) is 5.73 Å². The van der Waals surface area contributed by atoms with Crippen LogP contribution in [0, 0.1) is 0 Å². The largest absolute Gasteiger partial charge is 0.497 e. The summed E-state index contributed by atoms with van der Waals surface area (Å²) in [5.41, 5.74) is 7.98. The van der Waals surface area contributed by atoms with Crippen LogP contribution in [-0.2, 0) is 17.6 Å². The zero-order valence-corrected chi connectivity index (χ0v) is 18.3. The highest BCUT2D eigenvalue weighted by atomic mass is 32.2. The molecule has 0 aliphatic heterocycles. The van der Waals surface area contributed by atoms with Crippen molar-refractivity contribution in [3.05, 3.63) is 52.7 Å². The molecule has 1 atom stereocenters. The van der Waals surface area contributed by atoms with Crippen LogP contribution < -0.4 is 15.8 Å². The van der Waals surface area contributed by atoms with E-state index < -0.39 is 11.2 Å². The molecule has 2 aromatic heterocycles. The quantitative estimate of drug-likeness (QED) is 0.544. The Hall–Kier alpha value is -2.78. The van der Waals surface area contributed by atoms with E-state index in [-0.39, 0.29) is 5.91 Å². The number of ether oxygens (including phenoxy) is 1. The number of benzene rings is 1. The molecule has 2 amide bonds. The van der Waals surface area contributed by atoms with Crippen molar-refractivity contribution in [3.63, 3.8) is 0 Å². The predicted octanol–water partition coefficient (Wildman–Crippen LogP) is 3.65. The molecule has 9 heteroatoms. The molecule has 2 heterocycles. The van der Waals surface area contributed by atoms with Gasteiger partial charge in [-0.3, -0.25) is 14.2 Å². The van der Waals surface area contributed by atoms with Gasteiger partial charge in [-0.25, -0.2) is 4.98 Å². The van der Waals surface area contributed by atoms with Crippen LogP contribution >= 0.6 is 23.1 Å². The fraction of sp³-hybridized carbons (Fsp3) is 0.286. The van der Waals surface area contributed by atoms with Gasteiger partial charge in [-0.1, -0.05) is 11.8 Å². The maximum atomic E-state index is 12.8. The number of methoxy groups -OCH3 is 1. The Morgan fingerprint density at radius 1 is 1.30 bits per heavy atom. The first-order chi connectivity index (χ1) is 14.5. The van der Waals surface area contributed by atoms with Crippen molar-refractivity contribution in [1.82, 2.24) is 9.55 Å². The summed E-state index contributed by atoms with van der Waals surface area (Å²) >= 11 is 2.81. The average Bonchev–Trinajstić information content (AvgIpc) is 3.43. The average molecular weight is 443 g/mol. The van der Waals surface area contributed by atoms with E-state index in [4.69, 9.17) is 10.5 Å². The number of carbonyl (C=O) groups excluding carboxylic acids is 2. The number of nitrogens with two attached hydrogens (primary N) is 1. The number of rotatable bonds is 7. The van der Waals surface area contributed by atoms with E-state index in [1.165, 1.54) is 23.1 Å². The highest BCUT2D eigenvalue weighted by Gasteiger charge is 2.27. The van der Waals surface area contributed by atoms with Crippen LogP contribution in [0.25, 0.3) is 5.69 Å². The fourth-order valence-electron chi connectivity index (χ4n) is 3.49. The van der Waals surface area contributed by atoms with Gasteiger partial charge in [0, 0.05) is 23.0 Å². The lowest BCUT2D eigenvalue weighted by molar-refractivity contribution is -0.115. The number of amides is 2. The van der Waals surface area contributed by atoms with Gasteiger partial charge in [-0.05, 0) is 56.0 Å². The van der Waals surface area contributed by atoms with Gasteiger partial charge in [0.25, 0.3) is 5.91 Å². The molecule has 0 saturated carbocycles. The Balaban J connectivity index is 1.49. The Kier molecular flexibility index (Phi) is 5.83. The smallest absolute Gasteiger partial charge is 0.251 e. The van der Waals surface area contributed by atoms with E-state index in [2.05, 4.69) is 10.3 Å². The highest BCUT2D eigenvalue weighted by molar-refractivity contribution is 8.00. The van der Waals surface area contributed by atoms with Crippen LogP contribution in [0.2, 0.25) is 0 Å². The molecule has 156 valence electrons. The number of fused-ring (bicyclic) bond motifs is 1. The van der Waals surface area contributed by atoms with Gasteiger partial charge >= 0.3 is 0 Å². The Bertz CT molecular complexity index is 1090. The summed E-state index contributed by atoms with van der Waals surface area (Å²) in [5, 5.41) is 3.76. The summed E-state index contributed by atoms with van der Waals surface area (Å²) in [4.78, 5) is 30.3. The molecule has 1 aliphatic rings. The summed E-state index contributed by atoms with van der Waals surface area (Å²) in [6.45, 7) is 1.82. The van der Waals surface area contributed by atoms with Gasteiger partial charge in [0.15, 0.2) is 5.16 Å². The van der Waals surface area contributed by atoms with Crippen molar-refractivity contribution in [3.8, 4) is 11.4 Å². The lowest BCUT2D eigenvalue weighted by Gasteiger charge is -2.13. The molecule has 1 aliphatic carbocycles. The zero-order chi connectivity index (χ0) is 21.3. The molecule has 30 heavy (non-hydrogen) atoms. The number of primary amides is 1. The first-order valence-electron chi connectivity index (χ1n) is 9.57. The second-order valence-electron chi connectivity index (χ2n) is 6.95. The summed E-state index contributed by atoms with van der Waals surface area (Å²) in [5.74, 6) is 0.0978. The summed E-state index contributed by atoms with van der Waals surface area (Å²) in [6, 6.07) is 7.62. The number of hydrogen-bond acceptors (Lipinski definition) is 6. The third-order valence-corrected chi connectivity index (χ3v) is 7.30. The second-order valence-corrected chi connectivity index (χ2v) is 9.37. The maximum Gasteiger partial charge on any atom is 0.251 e. The number of imidazole rings is 1. The first-order valence-corrected chi connectivity index (χ1v) is 11.3. The summed E-state index contributed by atoms with van der Waals surface area (Å²) < 4.78 is 7.12. The SMILES string of the molecule is COc1ccc(-n2ccnc2S[C@H](C)C(=O)Nc2sc3c(c2C(N)=O)CCC3)cc1. The van der Waals surface area contributed by atoms with Crippen LogP contribution in [0.3, 0.4) is 0 Å². The lowest BCUT2D eigenvalue weighted by atomic mass is 10.1. The molecule has 0 spiro atoms. The molecule has 0 bridgehead atoms. The number of carbonyl (C=O) groups is 2. The first kappa shape index (κ1) is 20.5. The molecule has 0 fully saturated rings. The zero-order valence-electron chi connectivity index (χ0n) is 16.7. The number of nitrogens with zero attached hydrogens (tertiary/aromatic N) is 2. The molecule has 0 saturated heterocycles. The Morgan fingerprint density at radius 2 is 2.07 bits per heavy atom. The van der Waals surface area contributed by atoms with E-state index in [1.807, 2.05) is 42.0 Å². The van der Waals surface area contributed by atoms with Crippen molar-refractivity contribution in [2.45, 2.75) is 36.6 Å². The van der Waals surface area contributed by atoms with E-state index >= 15 is 0 Å². The number of thioether (sulfide) groups is 1. The van der Waals surface area contributed by atoms with Gasteiger partial charge in [0.2, 0.25) is 5.91 Å². The normalized spacial score (nSPS) is 13.7. The molecular weight excluding hydrogens is 420 g/mol. The second kappa shape index (κ2) is 8.53. The fourth-order valence-corrected chi connectivity index (χ4v) is 5.68. The minimum absolute atomic E-state index is 0.188. The molecule has 0 radical (unpaired) electrons. The van der Waals surface area contributed by atoms with Gasteiger partial charge in [-0.15, -0.1) is 11.3 Å². The number of aromatic nitrogens is 2. The van der Waals surface area contributed by atoms with Crippen LogP contribution in [0.5, 0.6) is 5.75 Å². The van der Waals surface area contributed by atoms with Crippen LogP contribution in [0.4, 0.5) is 5.00 Å². The number of nitrogens with one attached hydrogen (secondary N) is 1. The topological polar surface area (TPSA) is 99.2 Å². The molecule has 1 aromatic carbocycles. The van der Waals surface area contributed by atoms with Gasteiger partial charge in [0.1, 0.15) is 10.8 Å². The third kappa shape index (κ3) is 3.95. The van der Waals surface area contributed by atoms with E-state index in [1.54, 1.807) is 13.3 Å². The van der Waals surface area contributed by atoms with Gasteiger partial charge in [-0.2, -0.15) is 0 Å². The van der Waals surface area contributed by atoms with Gasteiger partial charge < -0.3 is 15.8 Å². The lowest BCUT2D eigenvalue weighted by Crippen LogP contribution is -2.24. The van der Waals surface area contributed by atoms with Crippen molar-refractivity contribution < 1.29 is 14.3 Å². The van der Waals surface area contributed by atoms with Crippen molar-refractivity contribution >= 4 is 39.9 Å². The molecule has 0 unspecified atom stereocenters. The van der Waals surface area contributed by atoms with Crippen LogP contribution in [0.15, 0.2) is 41.8 Å². The molecule has 4 rings (SSSR count). The summed E-state index contributed by atoms with van der Waals surface area (Å²) in [6.07, 6.45) is 6.34.